The summed E-state index contributed by atoms with van der Waals surface area (Å²) in [7, 11) is -4.78. The molecule has 0 spiro atoms. The minimum absolute atomic E-state index is 0.0459. The lowest BCUT2D eigenvalue weighted by Gasteiger charge is -2.16. The van der Waals surface area contributed by atoms with Gasteiger partial charge in [-0.2, -0.15) is 0 Å². The third kappa shape index (κ3) is 5.34. The molecule has 0 radical (unpaired) electrons. The molecule has 162 valence electrons. The van der Waals surface area contributed by atoms with E-state index in [0.717, 1.165) is 17.8 Å². The number of aliphatic hydroxyl groups is 2. The van der Waals surface area contributed by atoms with Gasteiger partial charge in [0.25, 0.3) is 0 Å². The maximum absolute atomic E-state index is 10.9. The molecule has 2 aromatic heterocycles. The van der Waals surface area contributed by atoms with Crippen LogP contribution in [0.25, 0.3) is 11.2 Å². The number of halogens is 1. The summed E-state index contributed by atoms with van der Waals surface area (Å²) < 4.78 is 21.7. The van der Waals surface area contributed by atoms with Crippen LogP contribution < -0.4 is 5.73 Å². The molecule has 1 aliphatic rings. The molecule has 0 amide bonds. The lowest BCUT2D eigenvalue weighted by molar-refractivity contribution is -0.106. The summed E-state index contributed by atoms with van der Waals surface area (Å²) in [5.41, 5.74) is 8.91. The Morgan fingerprint density at radius 1 is 1.43 bits per heavy atom. The Balaban J connectivity index is 1.87. The first-order valence-electron chi connectivity index (χ1n) is 8.05. The third-order valence-corrected chi connectivity index (χ3v) is 5.24. The van der Waals surface area contributed by atoms with Gasteiger partial charge < -0.3 is 30.5 Å². The average Bonchev–Trinajstić information content (AvgIpc) is 3.19. The highest BCUT2D eigenvalue weighted by molar-refractivity contribution is 9.18. The summed E-state index contributed by atoms with van der Waals surface area (Å²) in [6.45, 7) is -0.646. The van der Waals surface area contributed by atoms with Gasteiger partial charge in [-0.15, -0.1) is 5.73 Å². The van der Waals surface area contributed by atoms with E-state index in [1.807, 2.05) is 0 Å². The molecular formula is C14H15BrN5O8PS. The van der Waals surface area contributed by atoms with E-state index < -0.39 is 39.0 Å². The highest BCUT2D eigenvalue weighted by Gasteiger charge is 2.45. The first-order chi connectivity index (χ1) is 14.1. The van der Waals surface area contributed by atoms with Gasteiger partial charge in [0.2, 0.25) is 4.69 Å². The van der Waals surface area contributed by atoms with Crippen LogP contribution in [0.5, 0.6) is 0 Å². The summed E-state index contributed by atoms with van der Waals surface area (Å²) in [5, 5.41) is 22.1. The van der Waals surface area contributed by atoms with Crippen LogP contribution in [0.2, 0.25) is 0 Å². The summed E-state index contributed by atoms with van der Waals surface area (Å²) in [6, 6.07) is 0. The van der Waals surface area contributed by atoms with E-state index in [-0.39, 0.29) is 26.8 Å². The predicted molar refractivity (Wildman–Crippen MR) is 106 cm³/mol. The second-order valence-electron chi connectivity index (χ2n) is 5.90. The lowest BCUT2D eigenvalue weighted by Crippen LogP contribution is -2.33. The van der Waals surface area contributed by atoms with E-state index in [1.54, 1.807) is 0 Å². The number of rotatable bonds is 7. The SMILES string of the molecule is Nc1nc(SC=C=CC(=O)Br)nc2c1ncn2[C@@H]1O[C@H](COP(=O)(O)O)[C@@H](O)[C@H]1O. The van der Waals surface area contributed by atoms with Crippen LogP contribution >= 0.6 is 35.5 Å². The quantitative estimate of drug-likeness (QED) is 0.0798. The normalized spacial score (nSPS) is 24.0. The number of hydrogen-bond acceptors (Lipinski definition) is 11. The summed E-state index contributed by atoms with van der Waals surface area (Å²) >= 11 is 3.74. The maximum atomic E-state index is 10.9. The van der Waals surface area contributed by atoms with Crippen molar-refractivity contribution in [2.45, 2.75) is 29.7 Å². The van der Waals surface area contributed by atoms with E-state index >= 15 is 0 Å². The Hall–Kier alpha value is -1.64. The molecule has 1 saturated heterocycles. The second-order valence-corrected chi connectivity index (χ2v) is 8.76. The number of aromatic nitrogens is 4. The largest absolute Gasteiger partial charge is 0.469 e. The number of phosphoric acid groups is 1. The lowest BCUT2D eigenvalue weighted by atomic mass is 10.1. The van der Waals surface area contributed by atoms with Crippen LogP contribution in [0, 0.1) is 0 Å². The van der Waals surface area contributed by atoms with E-state index in [4.69, 9.17) is 20.3 Å². The van der Waals surface area contributed by atoms with Gasteiger partial charge in [-0.1, -0.05) is 0 Å². The first-order valence-corrected chi connectivity index (χ1v) is 11.3. The Kier molecular flexibility index (Phi) is 7.09. The number of ether oxygens (including phenoxy) is 1. The van der Waals surface area contributed by atoms with Gasteiger partial charge in [0.15, 0.2) is 22.8 Å². The molecule has 0 saturated carbocycles. The zero-order chi connectivity index (χ0) is 22.1. The summed E-state index contributed by atoms with van der Waals surface area (Å²) in [5.74, 6) is 0.0459. The molecule has 0 unspecified atom stereocenters. The van der Waals surface area contributed by atoms with Crippen molar-refractivity contribution in [2.24, 2.45) is 0 Å². The van der Waals surface area contributed by atoms with Crippen molar-refractivity contribution in [3.63, 3.8) is 0 Å². The zero-order valence-electron chi connectivity index (χ0n) is 14.8. The molecule has 1 fully saturated rings. The van der Waals surface area contributed by atoms with Crippen molar-refractivity contribution < 1.29 is 38.6 Å². The van der Waals surface area contributed by atoms with Crippen LogP contribution in [0.1, 0.15) is 6.23 Å². The molecule has 2 aromatic rings. The van der Waals surface area contributed by atoms with Crippen molar-refractivity contribution in [3.8, 4) is 0 Å². The van der Waals surface area contributed by atoms with Crippen LogP contribution in [0.3, 0.4) is 0 Å². The van der Waals surface area contributed by atoms with Gasteiger partial charge in [-0.3, -0.25) is 13.9 Å². The molecule has 30 heavy (non-hydrogen) atoms. The van der Waals surface area contributed by atoms with Gasteiger partial charge >= 0.3 is 7.82 Å². The van der Waals surface area contributed by atoms with Gasteiger partial charge in [0.05, 0.1) is 12.9 Å². The smallest absolute Gasteiger partial charge is 0.387 e. The molecule has 3 heterocycles. The Labute approximate surface area is 181 Å². The number of aliphatic hydroxyl groups excluding tert-OH is 2. The molecule has 0 aliphatic carbocycles. The Morgan fingerprint density at radius 2 is 2.17 bits per heavy atom. The number of thioether (sulfide) groups is 1. The fraction of sp³-hybridized carbons (Fsp3) is 0.357. The minimum Gasteiger partial charge on any atom is -0.387 e. The standard InChI is InChI=1S/C14H15BrN5O8PS/c15-7(21)2-1-3-30-14-18-11(16)8-12(19-14)20(5-17-8)13-10(23)9(22)6(28-13)4-27-29(24,25)26/h2-3,5-6,9-10,13,22-23H,4H2,(H2,16,18,19)(H2,24,25,26)/t1?,6-,9-,10-,13-/m1/s1. The van der Waals surface area contributed by atoms with Crippen LogP contribution in [0.15, 0.2) is 28.7 Å². The van der Waals surface area contributed by atoms with Crippen LogP contribution in [0.4, 0.5) is 5.82 Å². The number of fused-ring (bicyclic) bond motifs is 1. The molecule has 0 bridgehead atoms. The number of nitrogens with two attached hydrogens (primary N) is 1. The number of hydrogen-bond donors (Lipinski definition) is 5. The second kappa shape index (κ2) is 9.24. The predicted octanol–water partition coefficient (Wildman–Crippen LogP) is -0.181. The molecule has 3 rings (SSSR count). The fourth-order valence-corrected chi connectivity index (χ4v) is 3.62. The zero-order valence-corrected chi connectivity index (χ0v) is 18.1. The van der Waals surface area contributed by atoms with Gasteiger partial charge in [0.1, 0.15) is 23.8 Å². The highest BCUT2D eigenvalue weighted by atomic mass is 79.9. The monoisotopic (exact) mass is 523 g/mol. The van der Waals surface area contributed by atoms with E-state index in [0.29, 0.717) is 0 Å². The molecule has 1 aliphatic heterocycles. The number of carbonyl (C=O) groups excluding carboxylic acids is 1. The van der Waals surface area contributed by atoms with Crippen LogP contribution in [-0.4, -0.2) is 69.1 Å². The van der Waals surface area contributed by atoms with Gasteiger partial charge in [0, 0.05) is 11.5 Å². The average molecular weight is 524 g/mol. The molecule has 6 N–H and O–H groups in total. The van der Waals surface area contributed by atoms with Crippen molar-refractivity contribution >= 4 is 57.2 Å². The van der Waals surface area contributed by atoms with E-state index in [1.165, 1.54) is 16.3 Å². The third-order valence-electron chi connectivity index (χ3n) is 3.88. The van der Waals surface area contributed by atoms with Crippen molar-refractivity contribution in [1.82, 2.24) is 19.5 Å². The highest BCUT2D eigenvalue weighted by Crippen LogP contribution is 2.39. The Morgan fingerprint density at radius 3 is 2.83 bits per heavy atom. The van der Waals surface area contributed by atoms with Crippen molar-refractivity contribution in [2.75, 3.05) is 12.3 Å². The molecule has 4 atom stereocenters. The summed E-state index contributed by atoms with van der Waals surface area (Å²) in [4.78, 5) is 40.9. The van der Waals surface area contributed by atoms with E-state index in [9.17, 15) is 19.6 Å². The molecular weight excluding hydrogens is 509 g/mol. The summed E-state index contributed by atoms with van der Waals surface area (Å²) in [6.07, 6.45) is -2.91. The topological polar surface area (TPSA) is 203 Å². The number of anilines is 1. The van der Waals surface area contributed by atoms with E-state index in [2.05, 4.69) is 41.1 Å². The Bertz CT molecular complexity index is 1070. The number of carbonyl (C=O) groups is 1. The first kappa shape index (κ1) is 23.0. The molecule has 16 heteroatoms. The van der Waals surface area contributed by atoms with Gasteiger partial charge in [-0.05, 0) is 27.7 Å². The fourth-order valence-electron chi connectivity index (χ4n) is 2.61. The number of nitrogens with zero attached hydrogens (tertiary/aromatic N) is 4. The van der Waals surface area contributed by atoms with Crippen molar-refractivity contribution in [1.29, 1.82) is 0 Å². The number of phosphoric ester groups is 1. The number of imidazole rings is 1. The number of nitrogen functional groups attached to an aromatic ring is 1. The molecule has 13 nitrogen and oxygen atoms in total. The minimum atomic E-state index is -4.78. The maximum Gasteiger partial charge on any atom is 0.469 e. The molecule has 0 aromatic carbocycles. The van der Waals surface area contributed by atoms with Gasteiger partial charge in [-0.25, -0.2) is 19.5 Å². The number of allylic oxidation sites excluding steroid dienone is 1. The van der Waals surface area contributed by atoms with Crippen molar-refractivity contribution in [3.05, 3.63) is 23.5 Å². The van der Waals surface area contributed by atoms with Crippen LogP contribution in [-0.2, 0) is 18.6 Å².